The second-order valence-electron chi connectivity index (χ2n) is 5.58. The second-order valence-corrected chi connectivity index (χ2v) is 5.58. The standard InChI is InChI=1S/C17H21N3O/c21-17-3-1-2-16(12-17)14-20-10-8-19(9-11-20)13-15-4-6-18-7-5-15/h1-7,12,21H,8-11,13-14H2. The smallest absolute Gasteiger partial charge is 0.115 e. The second kappa shape index (κ2) is 6.70. The number of aromatic hydroxyl groups is 1. The van der Waals surface area contributed by atoms with Gasteiger partial charge in [0.25, 0.3) is 0 Å². The van der Waals surface area contributed by atoms with Gasteiger partial charge in [-0.1, -0.05) is 12.1 Å². The summed E-state index contributed by atoms with van der Waals surface area (Å²) in [5.41, 5.74) is 2.50. The van der Waals surface area contributed by atoms with E-state index in [4.69, 9.17) is 0 Å². The molecule has 0 aliphatic carbocycles. The summed E-state index contributed by atoms with van der Waals surface area (Å²) in [7, 11) is 0. The molecule has 4 heteroatoms. The van der Waals surface area contributed by atoms with Crippen molar-refractivity contribution in [3.63, 3.8) is 0 Å². The first kappa shape index (κ1) is 14.0. The van der Waals surface area contributed by atoms with Gasteiger partial charge in [0.05, 0.1) is 0 Å². The van der Waals surface area contributed by atoms with Crippen LogP contribution in [0.2, 0.25) is 0 Å². The number of rotatable bonds is 4. The maximum atomic E-state index is 9.52. The van der Waals surface area contributed by atoms with E-state index in [1.807, 2.05) is 24.5 Å². The lowest BCUT2D eigenvalue weighted by Crippen LogP contribution is -2.45. The zero-order chi connectivity index (χ0) is 14.5. The highest BCUT2D eigenvalue weighted by molar-refractivity contribution is 5.27. The molecule has 0 atom stereocenters. The minimum atomic E-state index is 0.351. The molecule has 4 nitrogen and oxygen atoms in total. The van der Waals surface area contributed by atoms with Crippen molar-refractivity contribution in [3.05, 3.63) is 59.9 Å². The molecule has 2 aromatic rings. The third-order valence-corrected chi connectivity index (χ3v) is 3.94. The molecule has 1 aromatic heterocycles. The summed E-state index contributed by atoms with van der Waals surface area (Å²) in [5, 5.41) is 9.52. The zero-order valence-electron chi connectivity index (χ0n) is 12.2. The van der Waals surface area contributed by atoms with E-state index in [9.17, 15) is 5.11 Å². The molecule has 2 heterocycles. The summed E-state index contributed by atoms with van der Waals surface area (Å²) < 4.78 is 0. The monoisotopic (exact) mass is 283 g/mol. The van der Waals surface area contributed by atoms with Gasteiger partial charge in [0.1, 0.15) is 5.75 Å². The van der Waals surface area contributed by atoms with Gasteiger partial charge in [-0.05, 0) is 35.4 Å². The van der Waals surface area contributed by atoms with Crippen molar-refractivity contribution in [3.8, 4) is 5.75 Å². The van der Waals surface area contributed by atoms with Gasteiger partial charge in [-0.25, -0.2) is 0 Å². The van der Waals surface area contributed by atoms with Crippen LogP contribution >= 0.6 is 0 Å². The van der Waals surface area contributed by atoms with Crippen LogP contribution in [0, 0.1) is 0 Å². The van der Waals surface area contributed by atoms with Crippen LogP contribution in [0.4, 0.5) is 0 Å². The molecular weight excluding hydrogens is 262 g/mol. The van der Waals surface area contributed by atoms with Gasteiger partial charge in [-0.15, -0.1) is 0 Å². The van der Waals surface area contributed by atoms with Crippen molar-refractivity contribution in [2.45, 2.75) is 13.1 Å². The van der Waals surface area contributed by atoms with E-state index in [0.717, 1.165) is 39.3 Å². The molecule has 0 saturated carbocycles. The molecule has 0 bridgehead atoms. The molecule has 0 spiro atoms. The lowest BCUT2D eigenvalue weighted by atomic mass is 10.2. The quantitative estimate of drug-likeness (QED) is 0.933. The Bertz CT molecular complexity index is 565. The molecule has 1 N–H and O–H groups in total. The molecule has 21 heavy (non-hydrogen) atoms. The molecule has 0 radical (unpaired) electrons. The summed E-state index contributed by atoms with van der Waals surface area (Å²) in [4.78, 5) is 8.98. The molecule has 0 amide bonds. The maximum Gasteiger partial charge on any atom is 0.115 e. The highest BCUT2D eigenvalue weighted by atomic mass is 16.3. The Labute approximate surface area is 125 Å². The predicted octanol–water partition coefficient (Wildman–Crippen LogP) is 2.10. The summed E-state index contributed by atoms with van der Waals surface area (Å²) in [6.45, 7) is 6.23. The van der Waals surface area contributed by atoms with E-state index in [0.29, 0.717) is 5.75 Å². The van der Waals surface area contributed by atoms with Gasteiger partial charge < -0.3 is 5.11 Å². The third kappa shape index (κ3) is 4.03. The normalized spacial score (nSPS) is 17.0. The lowest BCUT2D eigenvalue weighted by molar-refractivity contribution is 0.122. The van der Waals surface area contributed by atoms with Crippen LogP contribution in [0.25, 0.3) is 0 Å². The fourth-order valence-corrected chi connectivity index (χ4v) is 2.76. The lowest BCUT2D eigenvalue weighted by Gasteiger charge is -2.34. The van der Waals surface area contributed by atoms with E-state index in [1.54, 1.807) is 6.07 Å². The first-order valence-corrected chi connectivity index (χ1v) is 7.41. The van der Waals surface area contributed by atoms with Crippen LogP contribution in [0.5, 0.6) is 5.75 Å². The fraction of sp³-hybridized carbons (Fsp3) is 0.353. The van der Waals surface area contributed by atoms with E-state index in [-0.39, 0.29) is 0 Å². The van der Waals surface area contributed by atoms with Crippen molar-refractivity contribution in [1.82, 2.24) is 14.8 Å². The van der Waals surface area contributed by atoms with Crippen molar-refractivity contribution in [1.29, 1.82) is 0 Å². The molecule has 1 aliphatic heterocycles. The number of phenols is 1. The molecule has 1 aromatic carbocycles. The Kier molecular flexibility index (Phi) is 4.48. The van der Waals surface area contributed by atoms with Gasteiger partial charge in [0.2, 0.25) is 0 Å². The molecule has 1 saturated heterocycles. The van der Waals surface area contributed by atoms with Crippen LogP contribution in [0.15, 0.2) is 48.8 Å². The van der Waals surface area contributed by atoms with E-state index in [2.05, 4.69) is 33.0 Å². The number of nitrogens with zero attached hydrogens (tertiary/aromatic N) is 3. The van der Waals surface area contributed by atoms with Crippen LogP contribution in [0.1, 0.15) is 11.1 Å². The van der Waals surface area contributed by atoms with Gasteiger partial charge in [-0.2, -0.15) is 0 Å². The summed E-state index contributed by atoms with van der Waals surface area (Å²) >= 11 is 0. The van der Waals surface area contributed by atoms with Gasteiger partial charge in [0.15, 0.2) is 0 Å². The highest BCUT2D eigenvalue weighted by Gasteiger charge is 2.17. The number of benzene rings is 1. The van der Waals surface area contributed by atoms with E-state index >= 15 is 0 Å². The van der Waals surface area contributed by atoms with E-state index in [1.165, 1.54) is 11.1 Å². The first-order chi connectivity index (χ1) is 10.3. The number of piperazine rings is 1. The van der Waals surface area contributed by atoms with Crippen LogP contribution in [-0.2, 0) is 13.1 Å². The predicted molar refractivity (Wildman–Crippen MR) is 82.9 cm³/mol. The third-order valence-electron chi connectivity index (χ3n) is 3.94. The number of phenolic OH excluding ortho intramolecular Hbond substituents is 1. The Morgan fingerprint density at radius 3 is 2.10 bits per heavy atom. The molecule has 110 valence electrons. The number of aromatic nitrogens is 1. The molecule has 1 fully saturated rings. The fourth-order valence-electron chi connectivity index (χ4n) is 2.76. The molecule has 0 unspecified atom stereocenters. The van der Waals surface area contributed by atoms with Crippen LogP contribution < -0.4 is 0 Å². The number of hydrogen-bond acceptors (Lipinski definition) is 4. The highest BCUT2D eigenvalue weighted by Crippen LogP contribution is 2.15. The largest absolute Gasteiger partial charge is 0.508 e. The first-order valence-electron chi connectivity index (χ1n) is 7.41. The minimum Gasteiger partial charge on any atom is -0.508 e. The average Bonchev–Trinajstić information content (AvgIpc) is 2.50. The number of pyridine rings is 1. The summed E-state index contributed by atoms with van der Waals surface area (Å²) in [6.07, 6.45) is 3.71. The van der Waals surface area contributed by atoms with Crippen molar-refractivity contribution < 1.29 is 5.11 Å². The van der Waals surface area contributed by atoms with Gasteiger partial charge in [0, 0.05) is 51.7 Å². The van der Waals surface area contributed by atoms with Crippen molar-refractivity contribution in [2.24, 2.45) is 0 Å². The minimum absolute atomic E-state index is 0.351. The average molecular weight is 283 g/mol. The summed E-state index contributed by atoms with van der Waals surface area (Å²) in [5.74, 6) is 0.351. The summed E-state index contributed by atoms with van der Waals surface area (Å²) in [6, 6.07) is 11.7. The molecule has 1 aliphatic rings. The maximum absolute atomic E-state index is 9.52. The van der Waals surface area contributed by atoms with Gasteiger partial charge >= 0.3 is 0 Å². The van der Waals surface area contributed by atoms with Gasteiger partial charge in [-0.3, -0.25) is 14.8 Å². The van der Waals surface area contributed by atoms with E-state index < -0.39 is 0 Å². The van der Waals surface area contributed by atoms with Crippen LogP contribution in [0.3, 0.4) is 0 Å². The molecule has 3 rings (SSSR count). The Balaban J connectivity index is 1.49. The van der Waals surface area contributed by atoms with Crippen molar-refractivity contribution >= 4 is 0 Å². The Morgan fingerprint density at radius 1 is 0.857 bits per heavy atom. The zero-order valence-corrected chi connectivity index (χ0v) is 12.2. The van der Waals surface area contributed by atoms with Crippen molar-refractivity contribution in [2.75, 3.05) is 26.2 Å². The number of hydrogen-bond donors (Lipinski definition) is 1. The molecular formula is C17H21N3O. The SMILES string of the molecule is Oc1cccc(CN2CCN(Cc3ccncc3)CC2)c1. The topological polar surface area (TPSA) is 39.6 Å². The Morgan fingerprint density at radius 2 is 1.48 bits per heavy atom. The van der Waals surface area contributed by atoms with Crippen LogP contribution in [-0.4, -0.2) is 46.1 Å². The Hall–Kier alpha value is -1.91.